The lowest BCUT2D eigenvalue weighted by atomic mass is 10.1. The SMILES string of the molecule is CC/C=C\C/C=C\C/C=C\CCCCCCCC(=O)OC[C@H](COC(=O)CCCC/C=C\C/C=C\C/C=C\CCCCC)OC(=O)CCCCCCCCC/C=C\CCCCCCCC. The zero-order valence-electron chi connectivity index (χ0n) is 42.5. The molecule has 1 atom stereocenters. The molecule has 6 nitrogen and oxygen atoms in total. The van der Waals surface area contributed by atoms with Crippen molar-refractivity contribution in [2.75, 3.05) is 13.2 Å². The second kappa shape index (κ2) is 53.2. The number of unbranched alkanes of at least 4 members (excludes halogenated alkanes) is 23. The van der Waals surface area contributed by atoms with Crippen LogP contribution in [0.5, 0.6) is 0 Å². The molecule has 0 aromatic rings. The summed E-state index contributed by atoms with van der Waals surface area (Å²) in [6.07, 6.45) is 68.5. The second-order valence-corrected chi connectivity index (χ2v) is 17.7. The van der Waals surface area contributed by atoms with Gasteiger partial charge in [0.1, 0.15) is 13.2 Å². The first kappa shape index (κ1) is 61.6. The van der Waals surface area contributed by atoms with Gasteiger partial charge in [-0.05, 0) is 116 Å². The Labute approximate surface area is 401 Å². The molecule has 0 aromatic heterocycles. The van der Waals surface area contributed by atoms with Crippen LogP contribution in [0.1, 0.15) is 252 Å². The molecule has 0 aromatic carbocycles. The number of allylic oxidation sites excluding steroid dienone is 14. The van der Waals surface area contributed by atoms with Crippen molar-refractivity contribution in [1.29, 1.82) is 0 Å². The van der Waals surface area contributed by atoms with E-state index >= 15 is 0 Å². The van der Waals surface area contributed by atoms with Gasteiger partial charge in [0.05, 0.1) is 0 Å². The summed E-state index contributed by atoms with van der Waals surface area (Å²) in [5, 5.41) is 0. The zero-order chi connectivity index (χ0) is 47.2. The van der Waals surface area contributed by atoms with E-state index in [1.54, 1.807) is 0 Å². The number of carbonyl (C=O) groups excluding carboxylic acids is 3. The molecule has 65 heavy (non-hydrogen) atoms. The second-order valence-electron chi connectivity index (χ2n) is 17.7. The van der Waals surface area contributed by atoms with Crippen molar-refractivity contribution in [2.24, 2.45) is 0 Å². The average molecular weight is 905 g/mol. The number of hydrogen-bond donors (Lipinski definition) is 0. The quantitative estimate of drug-likeness (QED) is 0.0262. The number of hydrogen-bond acceptors (Lipinski definition) is 6. The first-order chi connectivity index (χ1) is 32.0. The van der Waals surface area contributed by atoms with Gasteiger partial charge in [-0.1, -0.05) is 202 Å². The fourth-order valence-electron chi connectivity index (χ4n) is 7.28. The van der Waals surface area contributed by atoms with Gasteiger partial charge in [-0.3, -0.25) is 14.4 Å². The van der Waals surface area contributed by atoms with Crippen molar-refractivity contribution in [3.05, 3.63) is 85.1 Å². The summed E-state index contributed by atoms with van der Waals surface area (Å²) in [5.74, 6) is -0.957. The molecule has 0 unspecified atom stereocenters. The molecule has 0 radical (unpaired) electrons. The van der Waals surface area contributed by atoms with Gasteiger partial charge in [-0.15, -0.1) is 0 Å². The first-order valence-electron chi connectivity index (χ1n) is 27.1. The molecular weight excluding hydrogens is 805 g/mol. The minimum Gasteiger partial charge on any atom is -0.462 e. The Morgan fingerprint density at radius 2 is 0.600 bits per heavy atom. The van der Waals surface area contributed by atoms with Gasteiger partial charge in [0.2, 0.25) is 0 Å². The monoisotopic (exact) mass is 905 g/mol. The molecule has 0 bridgehead atoms. The fourth-order valence-corrected chi connectivity index (χ4v) is 7.28. The Balaban J connectivity index is 4.48. The summed E-state index contributed by atoms with van der Waals surface area (Å²) >= 11 is 0. The van der Waals surface area contributed by atoms with Crippen LogP contribution in [-0.4, -0.2) is 37.2 Å². The third-order valence-electron chi connectivity index (χ3n) is 11.4. The summed E-state index contributed by atoms with van der Waals surface area (Å²) < 4.78 is 16.8. The summed E-state index contributed by atoms with van der Waals surface area (Å²) in [6.45, 7) is 6.45. The highest BCUT2D eigenvalue weighted by Gasteiger charge is 2.19. The third kappa shape index (κ3) is 51.4. The molecule has 6 heteroatoms. The molecule has 0 spiro atoms. The Morgan fingerprint density at radius 1 is 0.323 bits per heavy atom. The van der Waals surface area contributed by atoms with Crippen LogP contribution >= 0.6 is 0 Å². The van der Waals surface area contributed by atoms with E-state index in [1.807, 2.05) is 0 Å². The first-order valence-corrected chi connectivity index (χ1v) is 27.1. The van der Waals surface area contributed by atoms with E-state index in [9.17, 15) is 14.4 Å². The summed E-state index contributed by atoms with van der Waals surface area (Å²) in [6, 6.07) is 0. The fraction of sp³-hybridized carbons (Fsp3) is 0.712. The largest absolute Gasteiger partial charge is 0.462 e. The summed E-state index contributed by atoms with van der Waals surface area (Å²) in [5.41, 5.74) is 0. The predicted octanol–water partition coefficient (Wildman–Crippen LogP) is 18.0. The zero-order valence-corrected chi connectivity index (χ0v) is 42.5. The van der Waals surface area contributed by atoms with Gasteiger partial charge >= 0.3 is 17.9 Å². The average Bonchev–Trinajstić information content (AvgIpc) is 3.30. The summed E-state index contributed by atoms with van der Waals surface area (Å²) in [7, 11) is 0. The third-order valence-corrected chi connectivity index (χ3v) is 11.4. The highest BCUT2D eigenvalue weighted by atomic mass is 16.6. The molecule has 0 heterocycles. The van der Waals surface area contributed by atoms with Gasteiger partial charge in [0, 0.05) is 19.3 Å². The van der Waals surface area contributed by atoms with Crippen molar-refractivity contribution in [3.63, 3.8) is 0 Å². The highest BCUT2D eigenvalue weighted by Crippen LogP contribution is 2.14. The Morgan fingerprint density at radius 3 is 1.02 bits per heavy atom. The van der Waals surface area contributed by atoms with Gasteiger partial charge in [-0.2, -0.15) is 0 Å². The van der Waals surface area contributed by atoms with Crippen LogP contribution in [-0.2, 0) is 28.6 Å². The number of esters is 3. The van der Waals surface area contributed by atoms with E-state index in [1.165, 1.54) is 103 Å². The van der Waals surface area contributed by atoms with E-state index in [0.29, 0.717) is 19.3 Å². The van der Waals surface area contributed by atoms with E-state index in [-0.39, 0.29) is 31.1 Å². The number of rotatable bonds is 48. The molecule has 0 N–H and O–H groups in total. The molecule has 0 fully saturated rings. The van der Waals surface area contributed by atoms with E-state index in [4.69, 9.17) is 14.2 Å². The van der Waals surface area contributed by atoms with Crippen LogP contribution in [0, 0.1) is 0 Å². The maximum absolute atomic E-state index is 12.8. The van der Waals surface area contributed by atoms with E-state index in [2.05, 4.69) is 106 Å². The number of carbonyl (C=O) groups is 3. The van der Waals surface area contributed by atoms with Gasteiger partial charge in [0.15, 0.2) is 6.10 Å². The van der Waals surface area contributed by atoms with Crippen molar-refractivity contribution in [2.45, 2.75) is 258 Å². The molecule has 0 aliphatic rings. The van der Waals surface area contributed by atoms with Crippen LogP contribution in [0.25, 0.3) is 0 Å². The van der Waals surface area contributed by atoms with Gasteiger partial charge in [0.25, 0.3) is 0 Å². The van der Waals surface area contributed by atoms with Crippen molar-refractivity contribution in [3.8, 4) is 0 Å². The highest BCUT2D eigenvalue weighted by molar-refractivity contribution is 5.71. The van der Waals surface area contributed by atoms with Crippen LogP contribution in [0.2, 0.25) is 0 Å². The lowest BCUT2D eigenvalue weighted by molar-refractivity contribution is -0.167. The Kier molecular flexibility index (Phi) is 50.4. The van der Waals surface area contributed by atoms with Crippen LogP contribution in [0.15, 0.2) is 85.1 Å². The predicted molar refractivity (Wildman–Crippen MR) is 279 cm³/mol. The maximum atomic E-state index is 12.8. The molecule has 0 aliphatic heterocycles. The molecule has 0 amide bonds. The maximum Gasteiger partial charge on any atom is 0.306 e. The lowest BCUT2D eigenvalue weighted by Crippen LogP contribution is -2.30. The molecule has 0 rings (SSSR count). The van der Waals surface area contributed by atoms with E-state index in [0.717, 1.165) is 109 Å². The Bertz CT molecular complexity index is 1270. The molecule has 0 aliphatic carbocycles. The smallest absolute Gasteiger partial charge is 0.306 e. The standard InChI is InChI=1S/C59H100O6/c1-4-7-10-13-16-19-22-25-28-29-32-35-38-41-44-47-50-53-59(62)65-56(54-63-57(60)51-48-45-42-39-36-33-30-26-23-20-17-14-11-8-5-2)55-64-58(61)52-49-46-43-40-37-34-31-27-24-21-18-15-12-9-6-3/h8,11,17-18,20-21,25-28,30-31,37,40,56H,4-7,9-10,12-16,19,22-24,29,32-36,38-39,41-55H2,1-3H3/b11-8-,20-17-,21-18-,28-25-,30-26-,31-27-,40-37-/t56-/m1/s1. The van der Waals surface area contributed by atoms with Crippen molar-refractivity contribution in [1.82, 2.24) is 0 Å². The van der Waals surface area contributed by atoms with Crippen LogP contribution in [0.3, 0.4) is 0 Å². The molecular formula is C59H100O6. The minimum atomic E-state index is -0.802. The molecule has 372 valence electrons. The molecule has 0 saturated carbocycles. The van der Waals surface area contributed by atoms with Crippen LogP contribution < -0.4 is 0 Å². The molecule has 0 saturated heterocycles. The van der Waals surface area contributed by atoms with Gasteiger partial charge in [-0.25, -0.2) is 0 Å². The number of ether oxygens (including phenoxy) is 3. The topological polar surface area (TPSA) is 78.9 Å². The Hall–Kier alpha value is -3.41. The van der Waals surface area contributed by atoms with Gasteiger partial charge < -0.3 is 14.2 Å². The van der Waals surface area contributed by atoms with Crippen LogP contribution in [0.4, 0.5) is 0 Å². The van der Waals surface area contributed by atoms with Crippen molar-refractivity contribution < 1.29 is 28.6 Å². The summed E-state index contributed by atoms with van der Waals surface area (Å²) in [4.78, 5) is 38.0. The minimum absolute atomic E-state index is 0.0997. The normalized spacial score (nSPS) is 12.7. The van der Waals surface area contributed by atoms with E-state index < -0.39 is 6.10 Å². The van der Waals surface area contributed by atoms with Crippen molar-refractivity contribution >= 4 is 17.9 Å². The lowest BCUT2D eigenvalue weighted by Gasteiger charge is -2.18.